The first-order valence-electron chi connectivity index (χ1n) is 13.0. The number of hydrogen-bond donors (Lipinski definition) is 0. The molecule has 0 heterocycles. The van der Waals surface area contributed by atoms with Crippen LogP contribution in [0.2, 0.25) is 0 Å². The number of methoxy groups -OCH3 is 4. The van der Waals surface area contributed by atoms with Crippen LogP contribution in [0.3, 0.4) is 0 Å². The van der Waals surface area contributed by atoms with Crippen LogP contribution in [0.15, 0.2) is 97.1 Å². The number of ether oxygens (including phenoxy) is 4. The third-order valence-electron chi connectivity index (χ3n) is 7.10. The SMILES string of the molecule is COC(=O)c1ccc(C(c2ccc(C(=O)OC)cc2)C(c2ccc(C(=O)OC)cc2)c2ccc(C(=O)OC)cc2)cc1. The largest absolute Gasteiger partial charge is 0.465 e. The van der Waals surface area contributed by atoms with Crippen LogP contribution in [0.5, 0.6) is 0 Å². The van der Waals surface area contributed by atoms with Crippen molar-refractivity contribution >= 4 is 23.9 Å². The summed E-state index contributed by atoms with van der Waals surface area (Å²) in [5.74, 6) is -2.45. The number of carbonyl (C=O) groups is 4. The Morgan fingerprint density at radius 2 is 0.524 bits per heavy atom. The summed E-state index contributed by atoms with van der Waals surface area (Å²) in [6, 6.07) is 28.5. The van der Waals surface area contributed by atoms with E-state index in [1.807, 2.05) is 48.5 Å². The maximum absolute atomic E-state index is 12.2. The van der Waals surface area contributed by atoms with E-state index in [0.29, 0.717) is 22.3 Å². The molecule has 4 rings (SSSR count). The van der Waals surface area contributed by atoms with Crippen LogP contribution in [0.1, 0.15) is 75.5 Å². The smallest absolute Gasteiger partial charge is 0.337 e. The molecule has 0 N–H and O–H groups in total. The molecule has 0 aromatic heterocycles. The standard InChI is InChI=1S/C34H30O8/c1-39-31(35)25-13-5-21(6-14-25)29(22-7-15-26(16-8-22)32(36)40-2)30(23-9-17-27(18-10-23)33(37)41-3)24-11-19-28(20-12-24)34(38)42-4/h5-20,29-30H,1-4H3. The van der Waals surface area contributed by atoms with Crippen molar-refractivity contribution in [1.29, 1.82) is 0 Å². The third-order valence-corrected chi connectivity index (χ3v) is 7.10. The van der Waals surface area contributed by atoms with Crippen LogP contribution in [-0.2, 0) is 18.9 Å². The third kappa shape index (κ3) is 6.39. The topological polar surface area (TPSA) is 105 Å². The lowest BCUT2D eigenvalue weighted by Gasteiger charge is -2.30. The average molecular weight is 567 g/mol. The van der Waals surface area contributed by atoms with Crippen molar-refractivity contribution in [2.75, 3.05) is 28.4 Å². The zero-order valence-electron chi connectivity index (χ0n) is 23.7. The monoisotopic (exact) mass is 566 g/mol. The Morgan fingerprint density at radius 1 is 0.357 bits per heavy atom. The minimum absolute atomic E-state index is 0.323. The number of carbonyl (C=O) groups excluding carboxylic acids is 4. The fraction of sp³-hybridized carbons (Fsp3) is 0.176. The molecular formula is C34H30O8. The number of hydrogen-bond acceptors (Lipinski definition) is 8. The summed E-state index contributed by atoms with van der Waals surface area (Å²) in [5, 5.41) is 0. The highest BCUT2D eigenvalue weighted by molar-refractivity contribution is 5.91. The van der Waals surface area contributed by atoms with Crippen LogP contribution in [0, 0.1) is 0 Å². The zero-order valence-corrected chi connectivity index (χ0v) is 23.7. The molecule has 0 aliphatic heterocycles. The van der Waals surface area contributed by atoms with Gasteiger partial charge in [0, 0.05) is 11.8 Å². The van der Waals surface area contributed by atoms with Gasteiger partial charge in [-0.1, -0.05) is 48.5 Å². The van der Waals surface area contributed by atoms with Gasteiger partial charge in [-0.05, 0) is 70.8 Å². The minimum atomic E-state index is -0.450. The Hall–Kier alpha value is -5.24. The van der Waals surface area contributed by atoms with Crippen LogP contribution < -0.4 is 0 Å². The molecule has 0 radical (unpaired) electrons. The molecule has 8 nitrogen and oxygen atoms in total. The molecule has 0 unspecified atom stereocenters. The van der Waals surface area contributed by atoms with Gasteiger partial charge in [0.25, 0.3) is 0 Å². The number of benzene rings is 4. The first-order valence-corrected chi connectivity index (χ1v) is 13.0. The highest BCUT2D eigenvalue weighted by atomic mass is 16.5. The Kier molecular flexibility index (Phi) is 9.50. The van der Waals surface area contributed by atoms with Gasteiger partial charge in [-0.15, -0.1) is 0 Å². The molecule has 0 saturated carbocycles. The second kappa shape index (κ2) is 13.4. The molecule has 8 heteroatoms. The van der Waals surface area contributed by atoms with E-state index in [2.05, 4.69) is 0 Å². The fourth-order valence-electron chi connectivity index (χ4n) is 4.93. The van der Waals surface area contributed by atoms with Crippen molar-refractivity contribution in [2.24, 2.45) is 0 Å². The molecule has 42 heavy (non-hydrogen) atoms. The Bertz CT molecular complexity index is 1310. The fourth-order valence-corrected chi connectivity index (χ4v) is 4.93. The van der Waals surface area contributed by atoms with E-state index >= 15 is 0 Å². The van der Waals surface area contributed by atoms with Crippen molar-refractivity contribution in [1.82, 2.24) is 0 Å². The maximum atomic E-state index is 12.2. The van der Waals surface area contributed by atoms with Crippen molar-refractivity contribution in [3.63, 3.8) is 0 Å². The lowest BCUT2D eigenvalue weighted by molar-refractivity contribution is 0.0591. The Morgan fingerprint density at radius 3 is 0.667 bits per heavy atom. The summed E-state index contributed by atoms with van der Waals surface area (Å²) >= 11 is 0. The van der Waals surface area contributed by atoms with E-state index < -0.39 is 23.9 Å². The van der Waals surface area contributed by atoms with Gasteiger partial charge in [-0.2, -0.15) is 0 Å². The van der Waals surface area contributed by atoms with Gasteiger partial charge in [0.1, 0.15) is 0 Å². The average Bonchev–Trinajstić information content (AvgIpc) is 3.06. The predicted molar refractivity (Wildman–Crippen MR) is 155 cm³/mol. The quantitative estimate of drug-likeness (QED) is 0.185. The van der Waals surface area contributed by atoms with Gasteiger partial charge < -0.3 is 18.9 Å². The normalized spacial score (nSPS) is 10.7. The molecule has 214 valence electrons. The van der Waals surface area contributed by atoms with E-state index in [-0.39, 0.29) is 11.8 Å². The minimum Gasteiger partial charge on any atom is -0.465 e. The molecular weight excluding hydrogens is 536 g/mol. The van der Waals surface area contributed by atoms with Crippen molar-refractivity contribution in [3.8, 4) is 0 Å². The van der Waals surface area contributed by atoms with Crippen LogP contribution in [0.4, 0.5) is 0 Å². The van der Waals surface area contributed by atoms with Gasteiger partial charge in [-0.3, -0.25) is 0 Å². The molecule has 0 amide bonds. The van der Waals surface area contributed by atoms with Crippen molar-refractivity contribution in [3.05, 3.63) is 142 Å². The Balaban J connectivity index is 1.92. The van der Waals surface area contributed by atoms with E-state index in [1.54, 1.807) is 48.5 Å². The van der Waals surface area contributed by atoms with E-state index in [0.717, 1.165) is 22.3 Å². The highest BCUT2D eigenvalue weighted by Gasteiger charge is 2.29. The molecule has 0 fully saturated rings. The van der Waals surface area contributed by atoms with Gasteiger partial charge in [0.2, 0.25) is 0 Å². The van der Waals surface area contributed by atoms with Crippen molar-refractivity contribution < 1.29 is 38.1 Å². The molecule has 0 spiro atoms. The lowest BCUT2D eigenvalue weighted by atomic mass is 9.73. The maximum Gasteiger partial charge on any atom is 0.337 e. The van der Waals surface area contributed by atoms with Crippen LogP contribution in [0.25, 0.3) is 0 Å². The molecule has 0 aliphatic rings. The molecule has 0 atom stereocenters. The van der Waals surface area contributed by atoms with Gasteiger partial charge in [0.15, 0.2) is 0 Å². The zero-order chi connectivity index (χ0) is 30.2. The first kappa shape index (κ1) is 29.7. The van der Waals surface area contributed by atoms with Gasteiger partial charge in [-0.25, -0.2) is 19.2 Å². The second-order valence-electron chi connectivity index (χ2n) is 9.41. The summed E-state index contributed by atoms with van der Waals surface area (Å²) in [5.41, 5.74) is 5.15. The Labute approximate surface area is 243 Å². The van der Waals surface area contributed by atoms with Crippen molar-refractivity contribution in [2.45, 2.75) is 11.8 Å². The molecule has 0 saturated heterocycles. The van der Waals surface area contributed by atoms with Gasteiger partial charge in [0.05, 0.1) is 50.7 Å². The summed E-state index contributed by atoms with van der Waals surface area (Å²) in [7, 11) is 5.31. The second-order valence-corrected chi connectivity index (χ2v) is 9.41. The number of rotatable bonds is 9. The van der Waals surface area contributed by atoms with Crippen LogP contribution >= 0.6 is 0 Å². The summed E-state index contributed by atoms with van der Waals surface area (Å²) in [6.07, 6.45) is 0. The molecule has 0 aliphatic carbocycles. The molecule has 4 aromatic rings. The predicted octanol–water partition coefficient (Wildman–Crippen LogP) is 5.80. The van der Waals surface area contributed by atoms with Gasteiger partial charge >= 0.3 is 23.9 Å². The molecule has 0 bridgehead atoms. The number of esters is 4. The summed E-state index contributed by atoms with van der Waals surface area (Å²) < 4.78 is 19.5. The summed E-state index contributed by atoms with van der Waals surface area (Å²) in [6.45, 7) is 0. The van der Waals surface area contributed by atoms with Crippen LogP contribution in [-0.4, -0.2) is 52.3 Å². The van der Waals surface area contributed by atoms with E-state index in [9.17, 15) is 19.2 Å². The summed E-state index contributed by atoms with van der Waals surface area (Å²) in [4.78, 5) is 48.6. The molecule has 4 aromatic carbocycles. The van der Waals surface area contributed by atoms with E-state index in [4.69, 9.17) is 18.9 Å². The first-order chi connectivity index (χ1) is 20.3. The highest BCUT2D eigenvalue weighted by Crippen LogP contribution is 2.43. The van der Waals surface area contributed by atoms with E-state index in [1.165, 1.54) is 28.4 Å². The lowest BCUT2D eigenvalue weighted by Crippen LogP contribution is -2.16.